The van der Waals surface area contributed by atoms with E-state index in [0.717, 1.165) is 16.9 Å². The van der Waals surface area contributed by atoms with Crippen molar-refractivity contribution in [2.45, 2.75) is 25.6 Å². The summed E-state index contributed by atoms with van der Waals surface area (Å²) in [5.74, 6) is -0.400. The molecule has 6 heteroatoms. The molecule has 18 heavy (non-hydrogen) atoms. The first kappa shape index (κ1) is 12.5. The average Bonchev–Trinajstić information content (AvgIpc) is 2.65. The van der Waals surface area contributed by atoms with Crippen molar-refractivity contribution >= 4 is 17.0 Å². The van der Waals surface area contributed by atoms with Crippen LogP contribution < -0.4 is 0 Å². The molecule has 0 saturated heterocycles. The second kappa shape index (κ2) is 4.75. The number of rotatable bonds is 4. The molecule has 2 aromatic rings. The van der Waals surface area contributed by atoms with Gasteiger partial charge in [0.2, 0.25) is 0 Å². The highest BCUT2D eigenvalue weighted by atomic mass is 16.4. The zero-order valence-electron chi connectivity index (χ0n) is 9.79. The molecular weight excluding hydrogens is 236 g/mol. The molecule has 96 valence electrons. The van der Waals surface area contributed by atoms with E-state index in [1.165, 1.54) is 0 Å². The van der Waals surface area contributed by atoms with Crippen molar-refractivity contribution < 1.29 is 20.1 Å². The summed E-state index contributed by atoms with van der Waals surface area (Å²) in [5.41, 5.74) is 1.96. The third kappa shape index (κ3) is 2.49. The van der Waals surface area contributed by atoms with Crippen LogP contribution in [0.25, 0.3) is 11.0 Å². The summed E-state index contributed by atoms with van der Waals surface area (Å²) in [4.78, 5) is 17.7. The number of aryl methyl sites for hydroxylation is 1. The van der Waals surface area contributed by atoms with Crippen molar-refractivity contribution in [2.75, 3.05) is 0 Å². The first-order valence-corrected chi connectivity index (χ1v) is 5.51. The standard InChI is InChI=1S/C12H14N2O4/c1-6-13-8-3-2-7(4-9(8)14-6)12(18)10(15)5-11(16)17/h2-4,10,12,15,18H,5H2,1H3,(H,13,14)(H,16,17). The average molecular weight is 250 g/mol. The minimum Gasteiger partial charge on any atom is -0.481 e. The summed E-state index contributed by atoms with van der Waals surface area (Å²) in [6.45, 7) is 1.81. The van der Waals surface area contributed by atoms with Gasteiger partial charge in [0, 0.05) is 0 Å². The Balaban J connectivity index is 2.26. The largest absolute Gasteiger partial charge is 0.481 e. The summed E-state index contributed by atoms with van der Waals surface area (Å²) >= 11 is 0. The Morgan fingerprint density at radius 3 is 2.83 bits per heavy atom. The van der Waals surface area contributed by atoms with Crippen molar-refractivity contribution in [3.63, 3.8) is 0 Å². The van der Waals surface area contributed by atoms with Gasteiger partial charge in [-0.05, 0) is 24.6 Å². The monoisotopic (exact) mass is 250 g/mol. The summed E-state index contributed by atoms with van der Waals surface area (Å²) in [5, 5.41) is 28.0. The highest BCUT2D eigenvalue weighted by molar-refractivity contribution is 5.76. The highest BCUT2D eigenvalue weighted by Gasteiger charge is 2.21. The molecule has 2 atom stereocenters. The number of nitrogens with zero attached hydrogens (tertiary/aromatic N) is 1. The molecule has 1 aromatic heterocycles. The predicted octanol–water partition coefficient (Wildman–Crippen LogP) is 0.740. The summed E-state index contributed by atoms with van der Waals surface area (Å²) in [6, 6.07) is 4.99. The minimum absolute atomic E-state index is 0.458. The fourth-order valence-electron chi connectivity index (χ4n) is 1.85. The second-order valence-corrected chi connectivity index (χ2v) is 4.21. The Kier molecular flexibility index (Phi) is 3.31. The number of hydrogen-bond acceptors (Lipinski definition) is 4. The molecule has 6 nitrogen and oxygen atoms in total. The van der Waals surface area contributed by atoms with E-state index in [1.807, 2.05) is 6.92 Å². The van der Waals surface area contributed by atoms with Crippen molar-refractivity contribution in [3.8, 4) is 0 Å². The Labute approximate surface area is 103 Å². The van der Waals surface area contributed by atoms with Crippen LogP contribution in [0.1, 0.15) is 23.9 Å². The van der Waals surface area contributed by atoms with Gasteiger partial charge in [-0.2, -0.15) is 0 Å². The van der Waals surface area contributed by atoms with Gasteiger partial charge in [0.1, 0.15) is 11.9 Å². The van der Waals surface area contributed by atoms with Crippen molar-refractivity contribution in [3.05, 3.63) is 29.6 Å². The van der Waals surface area contributed by atoms with Crippen molar-refractivity contribution in [1.29, 1.82) is 0 Å². The van der Waals surface area contributed by atoms with Crippen LogP contribution in [-0.2, 0) is 4.79 Å². The number of aliphatic hydroxyl groups excluding tert-OH is 2. The van der Waals surface area contributed by atoms with Crippen LogP contribution in [0.15, 0.2) is 18.2 Å². The zero-order chi connectivity index (χ0) is 13.3. The molecule has 0 bridgehead atoms. The first-order valence-electron chi connectivity index (χ1n) is 5.51. The Morgan fingerprint density at radius 1 is 1.44 bits per heavy atom. The quantitative estimate of drug-likeness (QED) is 0.640. The second-order valence-electron chi connectivity index (χ2n) is 4.21. The number of hydrogen-bond donors (Lipinski definition) is 4. The Bertz CT molecular complexity index is 578. The van der Waals surface area contributed by atoms with Gasteiger partial charge in [-0.1, -0.05) is 6.07 Å². The molecule has 0 aliphatic rings. The van der Waals surface area contributed by atoms with E-state index in [-0.39, 0.29) is 0 Å². The predicted molar refractivity (Wildman–Crippen MR) is 64.1 cm³/mol. The van der Waals surface area contributed by atoms with Gasteiger partial charge in [-0.25, -0.2) is 4.98 Å². The van der Waals surface area contributed by atoms with Crippen LogP contribution in [0.4, 0.5) is 0 Å². The first-order chi connectivity index (χ1) is 8.47. The van der Waals surface area contributed by atoms with Crippen LogP contribution in [0.3, 0.4) is 0 Å². The van der Waals surface area contributed by atoms with Crippen LogP contribution in [0.5, 0.6) is 0 Å². The molecule has 2 rings (SSSR count). The molecule has 1 heterocycles. The van der Waals surface area contributed by atoms with Gasteiger partial charge in [-0.3, -0.25) is 4.79 Å². The number of aromatic nitrogens is 2. The van der Waals surface area contributed by atoms with Gasteiger partial charge in [0.05, 0.1) is 23.6 Å². The summed E-state index contributed by atoms with van der Waals surface area (Å²) < 4.78 is 0. The van der Waals surface area contributed by atoms with E-state index in [9.17, 15) is 15.0 Å². The minimum atomic E-state index is -1.33. The maximum atomic E-state index is 10.5. The molecule has 0 aliphatic carbocycles. The van der Waals surface area contributed by atoms with Crippen LogP contribution in [-0.4, -0.2) is 37.4 Å². The highest BCUT2D eigenvalue weighted by Crippen LogP contribution is 2.22. The number of aromatic amines is 1. The van der Waals surface area contributed by atoms with Gasteiger partial charge in [-0.15, -0.1) is 0 Å². The lowest BCUT2D eigenvalue weighted by Gasteiger charge is -2.16. The molecule has 0 saturated carbocycles. The maximum absolute atomic E-state index is 10.5. The Hall–Kier alpha value is -1.92. The number of benzene rings is 1. The van der Waals surface area contributed by atoms with Crippen LogP contribution in [0.2, 0.25) is 0 Å². The molecule has 4 N–H and O–H groups in total. The van der Waals surface area contributed by atoms with E-state index in [0.29, 0.717) is 5.56 Å². The van der Waals surface area contributed by atoms with E-state index >= 15 is 0 Å². The number of aliphatic carboxylic acids is 1. The van der Waals surface area contributed by atoms with E-state index in [1.54, 1.807) is 18.2 Å². The number of imidazole rings is 1. The molecule has 0 spiro atoms. The molecule has 1 aromatic carbocycles. The zero-order valence-corrected chi connectivity index (χ0v) is 9.79. The SMILES string of the molecule is Cc1nc2ccc(C(O)C(O)CC(=O)O)cc2[nH]1. The van der Waals surface area contributed by atoms with Crippen molar-refractivity contribution in [2.24, 2.45) is 0 Å². The molecular formula is C12H14N2O4. The lowest BCUT2D eigenvalue weighted by molar-refractivity contribution is -0.141. The number of nitrogens with one attached hydrogen (secondary N) is 1. The molecule has 0 amide bonds. The van der Waals surface area contributed by atoms with E-state index in [4.69, 9.17) is 5.11 Å². The van der Waals surface area contributed by atoms with Crippen LogP contribution >= 0.6 is 0 Å². The lowest BCUT2D eigenvalue weighted by atomic mass is 10.0. The molecule has 0 fully saturated rings. The summed E-state index contributed by atoms with van der Waals surface area (Å²) in [7, 11) is 0. The number of carboxylic acid groups (broad SMARTS) is 1. The van der Waals surface area contributed by atoms with Gasteiger partial charge in [0.15, 0.2) is 0 Å². The molecule has 0 aliphatic heterocycles. The van der Waals surface area contributed by atoms with E-state index in [2.05, 4.69) is 9.97 Å². The topological polar surface area (TPSA) is 106 Å². The third-order valence-corrected chi connectivity index (χ3v) is 2.71. The normalized spacial score (nSPS) is 14.6. The van der Waals surface area contributed by atoms with Crippen LogP contribution in [0, 0.1) is 6.92 Å². The number of fused-ring (bicyclic) bond motifs is 1. The van der Waals surface area contributed by atoms with Gasteiger partial charge in [0.25, 0.3) is 0 Å². The van der Waals surface area contributed by atoms with Gasteiger partial charge < -0.3 is 20.3 Å². The molecule has 0 radical (unpaired) electrons. The smallest absolute Gasteiger partial charge is 0.306 e. The molecule has 2 unspecified atom stereocenters. The van der Waals surface area contributed by atoms with E-state index < -0.39 is 24.6 Å². The fourth-order valence-corrected chi connectivity index (χ4v) is 1.85. The maximum Gasteiger partial charge on any atom is 0.306 e. The number of H-pyrrole nitrogens is 1. The third-order valence-electron chi connectivity index (χ3n) is 2.71. The lowest BCUT2D eigenvalue weighted by Crippen LogP contribution is -2.21. The van der Waals surface area contributed by atoms with Crippen molar-refractivity contribution in [1.82, 2.24) is 9.97 Å². The number of carboxylic acids is 1. The summed E-state index contributed by atoms with van der Waals surface area (Å²) in [6.07, 6.45) is -3.06. The fraction of sp³-hybridized carbons (Fsp3) is 0.333. The van der Waals surface area contributed by atoms with Gasteiger partial charge >= 0.3 is 5.97 Å². The Morgan fingerprint density at radius 2 is 2.17 bits per heavy atom. The number of carbonyl (C=O) groups is 1. The number of aliphatic hydroxyl groups is 2.